The fourth-order valence-corrected chi connectivity index (χ4v) is 6.04. The topological polar surface area (TPSA) is 73.9 Å². The second-order valence-corrected chi connectivity index (χ2v) is 10.3. The largest absolute Gasteiger partial charge is 0.365 e. The Morgan fingerprint density at radius 1 is 1.07 bits per heavy atom. The molecular formula is C21H36N4O3. The van der Waals surface area contributed by atoms with E-state index in [4.69, 9.17) is 4.74 Å². The van der Waals surface area contributed by atoms with Crippen LogP contribution in [-0.4, -0.2) is 84.2 Å². The lowest BCUT2D eigenvalue weighted by Gasteiger charge is -2.51. The first-order valence-corrected chi connectivity index (χ1v) is 10.8. The predicted octanol–water partition coefficient (Wildman–Crippen LogP) is 0.737. The van der Waals surface area contributed by atoms with Crippen LogP contribution in [0.25, 0.3) is 0 Å². The van der Waals surface area contributed by atoms with Crippen molar-refractivity contribution in [2.24, 2.45) is 5.41 Å². The van der Waals surface area contributed by atoms with Crippen molar-refractivity contribution < 1.29 is 14.3 Å². The third-order valence-electron chi connectivity index (χ3n) is 7.53. The Morgan fingerprint density at radius 2 is 1.68 bits per heavy atom. The van der Waals surface area contributed by atoms with Crippen molar-refractivity contribution in [2.75, 3.05) is 45.8 Å². The molecule has 5 aliphatic rings. The van der Waals surface area contributed by atoms with E-state index in [1.807, 2.05) is 0 Å². The average molecular weight is 393 g/mol. The van der Waals surface area contributed by atoms with E-state index in [0.717, 1.165) is 65.0 Å². The van der Waals surface area contributed by atoms with Crippen LogP contribution in [0.1, 0.15) is 53.4 Å². The molecule has 5 fully saturated rings. The van der Waals surface area contributed by atoms with Crippen molar-refractivity contribution in [1.82, 2.24) is 20.4 Å². The van der Waals surface area contributed by atoms with Crippen LogP contribution in [0.2, 0.25) is 0 Å². The average Bonchev–Trinajstić information content (AvgIpc) is 3.03. The van der Waals surface area contributed by atoms with Crippen LogP contribution in [0.3, 0.4) is 0 Å². The second kappa shape index (κ2) is 6.67. The summed E-state index contributed by atoms with van der Waals surface area (Å²) in [6.07, 6.45) is 3.25. The molecule has 2 bridgehead atoms. The van der Waals surface area contributed by atoms with Gasteiger partial charge in [0.2, 0.25) is 11.8 Å². The lowest BCUT2D eigenvalue weighted by molar-refractivity contribution is -0.155. The van der Waals surface area contributed by atoms with Crippen LogP contribution in [0.15, 0.2) is 0 Å². The van der Waals surface area contributed by atoms with Gasteiger partial charge >= 0.3 is 0 Å². The summed E-state index contributed by atoms with van der Waals surface area (Å²) in [4.78, 5) is 29.8. The molecule has 0 unspecified atom stereocenters. The molecule has 0 aromatic rings. The number of piperidine rings is 1. The van der Waals surface area contributed by atoms with Crippen LogP contribution >= 0.6 is 0 Å². The highest BCUT2D eigenvalue weighted by Crippen LogP contribution is 2.69. The molecule has 158 valence electrons. The summed E-state index contributed by atoms with van der Waals surface area (Å²) >= 11 is 0. The number of ether oxygens (including phenoxy) is 1. The minimum Gasteiger partial charge on any atom is -0.365 e. The van der Waals surface area contributed by atoms with Crippen molar-refractivity contribution in [3.63, 3.8) is 0 Å². The molecule has 0 radical (unpaired) electrons. The van der Waals surface area contributed by atoms with Crippen LogP contribution < -0.4 is 10.6 Å². The van der Waals surface area contributed by atoms with E-state index in [-0.39, 0.29) is 22.6 Å². The molecule has 5 rings (SSSR count). The number of hydrogen-bond acceptors (Lipinski definition) is 5. The maximum Gasteiger partial charge on any atom is 0.232 e. The monoisotopic (exact) mass is 392 g/mol. The maximum atomic E-state index is 13.8. The molecule has 2 N–H and O–H groups in total. The molecule has 1 spiro atoms. The predicted molar refractivity (Wildman–Crippen MR) is 107 cm³/mol. The molecule has 7 heteroatoms. The molecule has 0 atom stereocenters. The van der Waals surface area contributed by atoms with Crippen LogP contribution in [0, 0.1) is 5.41 Å². The lowest BCUT2D eigenvalue weighted by atomic mass is 9.53. The molecule has 4 aliphatic heterocycles. The van der Waals surface area contributed by atoms with Gasteiger partial charge in [-0.25, -0.2) is 0 Å². The Morgan fingerprint density at radius 3 is 2.21 bits per heavy atom. The summed E-state index contributed by atoms with van der Waals surface area (Å²) in [5.74, 6) is 0.255. The maximum absolute atomic E-state index is 13.8. The van der Waals surface area contributed by atoms with Gasteiger partial charge < -0.3 is 20.3 Å². The first-order chi connectivity index (χ1) is 13.1. The Bertz CT molecular complexity index is 637. The molecule has 1 aliphatic carbocycles. The fraction of sp³-hybridized carbons (Fsp3) is 0.905. The smallest absolute Gasteiger partial charge is 0.232 e. The minimum atomic E-state index is -0.405. The molecule has 0 aromatic heterocycles. The van der Waals surface area contributed by atoms with Gasteiger partial charge in [-0.15, -0.1) is 0 Å². The number of hydrogen-bond donors (Lipinski definition) is 2. The van der Waals surface area contributed by atoms with E-state index in [1.54, 1.807) is 0 Å². The molecular weight excluding hydrogens is 356 g/mol. The Labute approximate surface area is 168 Å². The molecule has 4 heterocycles. The molecule has 28 heavy (non-hydrogen) atoms. The van der Waals surface area contributed by atoms with Crippen molar-refractivity contribution in [3.8, 4) is 0 Å². The lowest BCUT2D eigenvalue weighted by Crippen LogP contribution is -2.65. The SMILES string of the molecule is CC(=O)NCC12CC(C(=O)N3CCN(C(C)(C)C)CC3)(C1)C1(CCNCC1)O2. The summed E-state index contributed by atoms with van der Waals surface area (Å²) in [7, 11) is 0. The summed E-state index contributed by atoms with van der Waals surface area (Å²) in [6.45, 7) is 14.0. The third kappa shape index (κ3) is 3.06. The normalized spacial score (nSPS) is 34.9. The zero-order chi connectivity index (χ0) is 20.2. The van der Waals surface area contributed by atoms with Gasteiger partial charge in [0.25, 0.3) is 0 Å². The highest BCUT2D eigenvalue weighted by Gasteiger charge is 2.78. The van der Waals surface area contributed by atoms with Gasteiger partial charge in [0, 0.05) is 45.2 Å². The summed E-state index contributed by atoms with van der Waals surface area (Å²) in [5, 5.41) is 6.35. The molecule has 2 amide bonds. The Kier molecular flexibility index (Phi) is 4.79. The molecule has 0 aromatic carbocycles. The van der Waals surface area contributed by atoms with Crippen molar-refractivity contribution >= 4 is 11.8 Å². The Hall–Kier alpha value is -1.18. The van der Waals surface area contributed by atoms with Crippen LogP contribution in [0.4, 0.5) is 0 Å². The number of rotatable bonds is 3. The van der Waals surface area contributed by atoms with Gasteiger partial charge in [-0.3, -0.25) is 14.5 Å². The van der Waals surface area contributed by atoms with Gasteiger partial charge in [0.05, 0.1) is 16.6 Å². The van der Waals surface area contributed by atoms with Gasteiger partial charge in [-0.2, -0.15) is 0 Å². The van der Waals surface area contributed by atoms with Gasteiger partial charge in [0.1, 0.15) is 0 Å². The molecule has 1 saturated carbocycles. The zero-order valence-electron chi connectivity index (χ0n) is 17.9. The van der Waals surface area contributed by atoms with Gasteiger partial charge in [0.15, 0.2) is 0 Å². The third-order valence-corrected chi connectivity index (χ3v) is 7.53. The first-order valence-electron chi connectivity index (χ1n) is 10.8. The summed E-state index contributed by atoms with van der Waals surface area (Å²) < 4.78 is 6.68. The van der Waals surface area contributed by atoms with E-state index in [9.17, 15) is 9.59 Å². The minimum absolute atomic E-state index is 0.0358. The van der Waals surface area contributed by atoms with E-state index in [1.165, 1.54) is 6.92 Å². The van der Waals surface area contributed by atoms with Crippen LogP contribution in [-0.2, 0) is 14.3 Å². The van der Waals surface area contributed by atoms with Crippen molar-refractivity contribution in [2.45, 2.75) is 70.1 Å². The van der Waals surface area contributed by atoms with E-state index < -0.39 is 5.41 Å². The molecule has 7 nitrogen and oxygen atoms in total. The number of piperazine rings is 1. The highest BCUT2D eigenvalue weighted by molar-refractivity contribution is 5.87. The summed E-state index contributed by atoms with van der Waals surface area (Å²) in [6, 6.07) is 0. The first kappa shape index (κ1) is 20.1. The van der Waals surface area contributed by atoms with E-state index >= 15 is 0 Å². The van der Waals surface area contributed by atoms with E-state index in [0.29, 0.717) is 12.5 Å². The number of nitrogens with zero attached hydrogens (tertiary/aromatic N) is 2. The van der Waals surface area contributed by atoms with Crippen molar-refractivity contribution in [1.29, 1.82) is 0 Å². The second-order valence-electron chi connectivity index (χ2n) is 10.3. The van der Waals surface area contributed by atoms with Crippen LogP contribution in [0.5, 0.6) is 0 Å². The number of carbonyl (C=O) groups excluding carboxylic acids is 2. The zero-order valence-corrected chi connectivity index (χ0v) is 17.9. The number of amides is 2. The Balaban J connectivity index is 1.51. The van der Waals surface area contributed by atoms with E-state index in [2.05, 4.69) is 41.2 Å². The standard InChI is InChI=1S/C21H36N4O3/c1-16(26)23-15-19-13-20(14-19,21(28-19)5-7-22-8-6-21)17(27)24-9-11-25(12-10-24)18(2,3)4/h22H,5-15H2,1-4H3,(H,23,26). The molecule has 4 saturated heterocycles. The fourth-order valence-electron chi connectivity index (χ4n) is 6.04. The summed E-state index contributed by atoms with van der Waals surface area (Å²) in [5.41, 5.74) is -0.984. The van der Waals surface area contributed by atoms with Gasteiger partial charge in [-0.1, -0.05) is 0 Å². The quantitative estimate of drug-likeness (QED) is 0.741. The van der Waals surface area contributed by atoms with Crippen molar-refractivity contribution in [3.05, 3.63) is 0 Å². The number of carbonyl (C=O) groups is 2. The number of nitrogens with one attached hydrogen (secondary N) is 2. The highest BCUT2D eigenvalue weighted by atomic mass is 16.5. The van der Waals surface area contributed by atoms with Gasteiger partial charge in [-0.05, 0) is 59.5 Å².